The molecule has 0 radical (unpaired) electrons. The predicted octanol–water partition coefficient (Wildman–Crippen LogP) is 3.55. The molecule has 0 bridgehead atoms. The molecule has 1 fully saturated rings. The Morgan fingerprint density at radius 3 is 2.87 bits per heavy atom. The number of thioether (sulfide) groups is 1. The summed E-state index contributed by atoms with van der Waals surface area (Å²) in [5, 5.41) is 3.57. The summed E-state index contributed by atoms with van der Waals surface area (Å²) in [7, 11) is 0. The van der Waals surface area contributed by atoms with Gasteiger partial charge < -0.3 is 5.32 Å². The second-order valence-electron chi connectivity index (χ2n) is 5.02. The highest BCUT2D eigenvalue weighted by Crippen LogP contribution is 2.30. The molecule has 1 rings (SSSR count). The van der Waals surface area contributed by atoms with Crippen molar-refractivity contribution in [2.24, 2.45) is 11.8 Å². The van der Waals surface area contributed by atoms with E-state index in [-0.39, 0.29) is 0 Å². The molecule has 0 aromatic carbocycles. The van der Waals surface area contributed by atoms with Crippen LogP contribution in [-0.2, 0) is 0 Å². The van der Waals surface area contributed by atoms with Crippen molar-refractivity contribution in [2.75, 3.05) is 25.1 Å². The molecule has 0 amide bonds. The molecule has 1 saturated carbocycles. The summed E-state index contributed by atoms with van der Waals surface area (Å²) in [6, 6.07) is 0. The van der Waals surface area contributed by atoms with Crippen molar-refractivity contribution in [2.45, 2.75) is 45.4 Å². The van der Waals surface area contributed by atoms with Gasteiger partial charge in [0.15, 0.2) is 0 Å². The van der Waals surface area contributed by atoms with Crippen LogP contribution < -0.4 is 5.32 Å². The van der Waals surface area contributed by atoms with Crippen LogP contribution in [0.2, 0.25) is 0 Å². The van der Waals surface area contributed by atoms with E-state index in [0.29, 0.717) is 0 Å². The Labute approximate surface area is 99.8 Å². The Morgan fingerprint density at radius 2 is 2.13 bits per heavy atom. The first-order valence-electron chi connectivity index (χ1n) is 6.52. The third kappa shape index (κ3) is 6.47. The number of rotatable bonds is 7. The summed E-state index contributed by atoms with van der Waals surface area (Å²) < 4.78 is 0. The lowest BCUT2D eigenvalue weighted by Gasteiger charge is -2.26. The van der Waals surface area contributed by atoms with Gasteiger partial charge in [-0.3, -0.25) is 0 Å². The topological polar surface area (TPSA) is 12.0 Å². The summed E-state index contributed by atoms with van der Waals surface area (Å²) in [5.74, 6) is 3.30. The lowest BCUT2D eigenvalue weighted by Crippen LogP contribution is -2.22. The van der Waals surface area contributed by atoms with Gasteiger partial charge in [0.25, 0.3) is 0 Å². The molecule has 2 unspecified atom stereocenters. The van der Waals surface area contributed by atoms with Crippen molar-refractivity contribution in [3.8, 4) is 0 Å². The van der Waals surface area contributed by atoms with Gasteiger partial charge in [-0.15, -0.1) is 0 Å². The Kier molecular flexibility index (Phi) is 7.54. The van der Waals surface area contributed by atoms with Gasteiger partial charge in [-0.2, -0.15) is 11.8 Å². The highest BCUT2D eigenvalue weighted by molar-refractivity contribution is 7.98. The van der Waals surface area contributed by atoms with Crippen LogP contribution in [0.4, 0.5) is 0 Å². The van der Waals surface area contributed by atoms with Crippen molar-refractivity contribution in [3.63, 3.8) is 0 Å². The lowest BCUT2D eigenvalue weighted by molar-refractivity contribution is 0.268. The molecule has 15 heavy (non-hydrogen) atoms. The molecule has 2 heteroatoms. The highest BCUT2D eigenvalue weighted by Gasteiger charge is 2.17. The zero-order chi connectivity index (χ0) is 10.9. The van der Waals surface area contributed by atoms with E-state index < -0.39 is 0 Å². The van der Waals surface area contributed by atoms with E-state index in [2.05, 4.69) is 18.5 Å². The van der Waals surface area contributed by atoms with Crippen LogP contribution in [-0.4, -0.2) is 25.1 Å². The highest BCUT2D eigenvalue weighted by atomic mass is 32.2. The smallest absolute Gasteiger partial charge is 0.00411 e. The van der Waals surface area contributed by atoms with Crippen molar-refractivity contribution < 1.29 is 0 Å². The average Bonchev–Trinajstić information content (AvgIpc) is 2.23. The van der Waals surface area contributed by atoms with E-state index >= 15 is 0 Å². The van der Waals surface area contributed by atoms with E-state index in [0.717, 1.165) is 11.8 Å². The zero-order valence-corrected chi connectivity index (χ0v) is 11.2. The van der Waals surface area contributed by atoms with E-state index in [1.54, 1.807) is 0 Å². The summed E-state index contributed by atoms with van der Waals surface area (Å²) in [6.45, 7) is 4.87. The molecule has 1 nitrogen and oxygen atoms in total. The van der Waals surface area contributed by atoms with Crippen LogP contribution in [0.3, 0.4) is 0 Å². The fraction of sp³-hybridized carbons (Fsp3) is 1.00. The van der Waals surface area contributed by atoms with E-state index in [9.17, 15) is 0 Å². The van der Waals surface area contributed by atoms with Crippen molar-refractivity contribution >= 4 is 11.8 Å². The van der Waals surface area contributed by atoms with Gasteiger partial charge >= 0.3 is 0 Å². The third-order valence-corrected chi connectivity index (χ3v) is 4.17. The Bertz CT molecular complexity index is 149. The van der Waals surface area contributed by atoms with E-state index in [1.807, 2.05) is 11.8 Å². The standard InChI is InChI=1S/C13H27NS/c1-12-5-3-6-13(11-12)7-9-14-8-4-10-15-2/h12-14H,3-11H2,1-2H3. The van der Waals surface area contributed by atoms with Gasteiger partial charge in [0, 0.05) is 0 Å². The van der Waals surface area contributed by atoms with Gasteiger partial charge in [0.1, 0.15) is 0 Å². The maximum Gasteiger partial charge on any atom is -0.00411 e. The first-order chi connectivity index (χ1) is 7.33. The van der Waals surface area contributed by atoms with Gasteiger partial charge in [0.2, 0.25) is 0 Å². The number of hydrogen-bond donors (Lipinski definition) is 1. The minimum atomic E-state index is 0.986. The Balaban J connectivity index is 1.90. The van der Waals surface area contributed by atoms with Crippen LogP contribution in [0.5, 0.6) is 0 Å². The normalized spacial score (nSPS) is 26.8. The minimum absolute atomic E-state index is 0.986. The van der Waals surface area contributed by atoms with Crippen LogP contribution in [0.1, 0.15) is 45.4 Å². The second-order valence-corrected chi connectivity index (χ2v) is 6.01. The average molecular weight is 229 g/mol. The first kappa shape index (κ1) is 13.4. The molecule has 0 saturated heterocycles. The van der Waals surface area contributed by atoms with E-state index in [1.165, 1.54) is 57.4 Å². The molecule has 90 valence electrons. The summed E-state index contributed by atoms with van der Waals surface area (Å²) in [5.41, 5.74) is 0. The van der Waals surface area contributed by atoms with Crippen LogP contribution >= 0.6 is 11.8 Å². The van der Waals surface area contributed by atoms with Crippen molar-refractivity contribution in [1.29, 1.82) is 0 Å². The largest absolute Gasteiger partial charge is 0.317 e. The number of hydrogen-bond acceptors (Lipinski definition) is 2. The quantitative estimate of drug-likeness (QED) is 0.670. The Hall–Kier alpha value is 0.310. The SMILES string of the molecule is CSCCCNCCC1CCCC(C)C1. The summed E-state index contributed by atoms with van der Waals surface area (Å²) >= 11 is 1.95. The van der Waals surface area contributed by atoms with Gasteiger partial charge in [-0.05, 0) is 56.2 Å². The van der Waals surface area contributed by atoms with Crippen LogP contribution in [0, 0.1) is 11.8 Å². The molecular weight excluding hydrogens is 202 g/mol. The summed E-state index contributed by atoms with van der Waals surface area (Å²) in [6.07, 6.45) is 10.8. The lowest BCUT2D eigenvalue weighted by atomic mass is 9.81. The third-order valence-electron chi connectivity index (χ3n) is 3.48. The molecule has 0 aromatic heterocycles. The molecule has 1 aliphatic carbocycles. The summed E-state index contributed by atoms with van der Waals surface area (Å²) in [4.78, 5) is 0. The molecule has 1 N–H and O–H groups in total. The first-order valence-corrected chi connectivity index (χ1v) is 7.92. The molecule has 0 aromatic rings. The monoisotopic (exact) mass is 229 g/mol. The molecule has 0 aliphatic heterocycles. The van der Waals surface area contributed by atoms with Gasteiger partial charge in [0.05, 0.1) is 0 Å². The maximum absolute atomic E-state index is 3.57. The fourth-order valence-electron chi connectivity index (χ4n) is 2.59. The predicted molar refractivity (Wildman–Crippen MR) is 71.6 cm³/mol. The van der Waals surface area contributed by atoms with Crippen LogP contribution in [0.25, 0.3) is 0 Å². The maximum atomic E-state index is 3.57. The minimum Gasteiger partial charge on any atom is -0.317 e. The molecule has 0 heterocycles. The van der Waals surface area contributed by atoms with Crippen molar-refractivity contribution in [1.82, 2.24) is 5.32 Å². The zero-order valence-electron chi connectivity index (χ0n) is 10.4. The van der Waals surface area contributed by atoms with Gasteiger partial charge in [-0.1, -0.05) is 26.2 Å². The fourth-order valence-corrected chi connectivity index (χ4v) is 3.03. The van der Waals surface area contributed by atoms with E-state index in [4.69, 9.17) is 0 Å². The number of nitrogens with one attached hydrogen (secondary N) is 1. The van der Waals surface area contributed by atoms with Crippen LogP contribution in [0.15, 0.2) is 0 Å². The molecular formula is C13H27NS. The van der Waals surface area contributed by atoms with Gasteiger partial charge in [-0.25, -0.2) is 0 Å². The molecule has 1 aliphatic rings. The van der Waals surface area contributed by atoms with Crippen molar-refractivity contribution in [3.05, 3.63) is 0 Å². The second kappa shape index (κ2) is 8.46. The molecule has 0 spiro atoms. The Morgan fingerprint density at radius 1 is 1.27 bits per heavy atom. The molecule has 2 atom stereocenters.